The number of halogens is 3. The van der Waals surface area contributed by atoms with Gasteiger partial charge in [-0.1, -0.05) is 48.5 Å². The second-order valence-corrected chi connectivity index (χ2v) is 4.74. The van der Waals surface area contributed by atoms with Crippen molar-refractivity contribution in [3.05, 3.63) is 83.9 Å². The van der Waals surface area contributed by atoms with Gasteiger partial charge in [-0.15, -0.1) is 6.58 Å². The molecule has 1 N–H and O–H groups in total. The van der Waals surface area contributed by atoms with Crippen molar-refractivity contribution in [3.63, 3.8) is 0 Å². The van der Waals surface area contributed by atoms with Crippen LogP contribution < -0.4 is 0 Å². The second-order valence-electron chi connectivity index (χ2n) is 4.74. The summed E-state index contributed by atoms with van der Waals surface area (Å²) in [5, 5.41) is 10.4. The molecule has 2 atom stereocenters. The zero-order valence-corrected chi connectivity index (χ0v) is 11.2. The number of hydrogen-bond acceptors (Lipinski definition) is 1. The monoisotopic (exact) mass is 292 g/mol. The normalized spacial score (nSPS) is 14.5. The molecule has 21 heavy (non-hydrogen) atoms. The minimum Gasteiger partial charge on any atom is -0.387 e. The minimum atomic E-state index is -4.37. The number of rotatable bonds is 4. The highest BCUT2D eigenvalue weighted by Gasteiger charge is 2.30. The van der Waals surface area contributed by atoms with Crippen LogP contribution in [0, 0.1) is 0 Å². The molecular formula is C17H15F3O. The van der Waals surface area contributed by atoms with E-state index in [9.17, 15) is 18.3 Å². The maximum absolute atomic E-state index is 12.5. The van der Waals surface area contributed by atoms with Crippen molar-refractivity contribution < 1.29 is 18.3 Å². The Morgan fingerprint density at radius 1 is 0.905 bits per heavy atom. The first-order valence-corrected chi connectivity index (χ1v) is 6.46. The lowest BCUT2D eigenvalue weighted by molar-refractivity contribution is -0.137. The maximum atomic E-state index is 12.5. The minimum absolute atomic E-state index is 0.372. The first-order valence-electron chi connectivity index (χ1n) is 6.46. The molecule has 0 aromatic heterocycles. The van der Waals surface area contributed by atoms with E-state index in [1.165, 1.54) is 12.1 Å². The van der Waals surface area contributed by atoms with Gasteiger partial charge in [0.1, 0.15) is 0 Å². The van der Waals surface area contributed by atoms with Crippen molar-refractivity contribution >= 4 is 0 Å². The number of aliphatic hydroxyl groups is 1. The Balaban J connectivity index is 2.26. The predicted molar refractivity (Wildman–Crippen MR) is 75.8 cm³/mol. The summed E-state index contributed by atoms with van der Waals surface area (Å²) in [6, 6.07) is 13.8. The fourth-order valence-corrected chi connectivity index (χ4v) is 2.20. The lowest BCUT2D eigenvalue weighted by atomic mass is 9.89. The van der Waals surface area contributed by atoms with Gasteiger partial charge in [-0.25, -0.2) is 0 Å². The van der Waals surface area contributed by atoms with Crippen LogP contribution in [0.15, 0.2) is 67.3 Å². The highest BCUT2D eigenvalue weighted by Crippen LogP contribution is 2.34. The summed E-state index contributed by atoms with van der Waals surface area (Å²) in [7, 11) is 0. The molecular weight excluding hydrogens is 277 g/mol. The SMILES string of the molecule is C=C[C@@H](c1ccccc1)[C@@H](O)c1ccc(C(F)(F)F)cc1. The third-order valence-corrected chi connectivity index (χ3v) is 3.36. The van der Waals surface area contributed by atoms with Crippen LogP contribution in [0.4, 0.5) is 13.2 Å². The van der Waals surface area contributed by atoms with Gasteiger partial charge in [0, 0.05) is 5.92 Å². The van der Waals surface area contributed by atoms with Crippen LogP contribution in [0.2, 0.25) is 0 Å². The average molecular weight is 292 g/mol. The van der Waals surface area contributed by atoms with Crippen molar-refractivity contribution in [2.45, 2.75) is 18.2 Å². The van der Waals surface area contributed by atoms with Crippen LogP contribution in [0.1, 0.15) is 28.7 Å². The molecule has 0 amide bonds. The van der Waals surface area contributed by atoms with E-state index in [1.54, 1.807) is 6.08 Å². The van der Waals surface area contributed by atoms with Gasteiger partial charge in [0.05, 0.1) is 11.7 Å². The smallest absolute Gasteiger partial charge is 0.387 e. The zero-order chi connectivity index (χ0) is 15.5. The molecule has 0 saturated heterocycles. The van der Waals surface area contributed by atoms with Crippen molar-refractivity contribution in [2.24, 2.45) is 0 Å². The highest BCUT2D eigenvalue weighted by molar-refractivity contribution is 5.32. The molecule has 0 unspecified atom stereocenters. The molecule has 0 fully saturated rings. The van der Waals surface area contributed by atoms with Crippen LogP contribution >= 0.6 is 0 Å². The standard InChI is InChI=1S/C17H15F3O/c1-2-15(12-6-4-3-5-7-12)16(21)13-8-10-14(11-9-13)17(18,19)20/h2-11,15-16,21H,1H2/t15-,16-/m0/s1. The number of alkyl halides is 3. The fraction of sp³-hybridized carbons (Fsp3) is 0.176. The zero-order valence-electron chi connectivity index (χ0n) is 11.2. The highest BCUT2D eigenvalue weighted by atomic mass is 19.4. The van der Waals surface area contributed by atoms with Gasteiger partial charge in [0.15, 0.2) is 0 Å². The fourth-order valence-electron chi connectivity index (χ4n) is 2.20. The Bertz CT molecular complexity index is 588. The van der Waals surface area contributed by atoms with E-state index in [4.69, 9.17) is 0 Å². The predicted octanol–water partition coefficient (Wildman–Crippen LogP) is 4.71. The molecule has 2 aromatic carbocycles. The van der Waals surface area contributed by atoms with E-state index in [0.29, 0.717) is 5.56 Å². The van der Waals surface area contributed by atoms with E-state index in [-0.39, 0.29) is 5.92 Å². The summed E-state index contributed by atoms with van der Waals surface area (Å²) >= 11 is 0. The molecule has 0 aliphatic rings. The van der Waals surface area contributed by atoms with Crippen molar-refractivity contribution in [2.75, 3.05) is 0 Å². The first-order chi connectivity index (χ1) is 9.93. The van der Waals surface area contributed by atoms with Crippen molar-refractivity contribution in [3.8, 4) is 0 Å². The van der Waals surface area contributed by atoms with E-state index < -0.39 is 17.8 Å². The quantitative estimate of drug-likeness (QED) is 0.809. The molecule has 2 aromatic rings. The number of benzene rings is 2. The lowest BCUT2D eigenvalue weighted by Crippen LogP contribution is -2.10. The second kappa shape index (κ2) is 6.14. The summed E-state index contributed by atoms with van der Waals surface area (Å²) in [6.07, 6.45) is -3.72. The maximum Gasteiger partial charge on any atom is 0.416 e. The number of aliphatic hydroxyl groups excluding tert-OH is 1. The molecule has 4 heteroatoms. The van der Waals surface area contributed by atoms with E-state index in [2.05, 4.69) is 6.58 Å². The van der Waals surface area contributed by atoms with E-state index >= 15 is 0 Å². The summed E-state index contributed by atoms with van der Waals surface area (Å²) < 4.78 is 37.6. The van der Waals surface area contributed by atoms with E-state index in [0.717, 1.165) is 17.7 Å². The molecule has 0 heterocycles. The molecule has 0 aliphatic heterocycles. The van der Waals surface area contributed by atoms with Crippen LogP contribution in [-0.4, -0.2) is 5.11 Å². The lowest BCUT2D eigenvalue weighted by Gasteiger charge is -2.21. The molecule has 110 valence electrons. The first kappa shape index (κ1) is 15.3. The average Bonchev–Trinajstić information content (AvgIpc) is 2.48. The summed E-state index contributed by atoms with van der Waals surface area (Å²) in [6.45, 7) is 3.70. The summed E-state index contributed by atoms with van der Waals surface area (Å²) in [4.78, 5) is 0. The number of hydrogen-bond donors (Lipinski definition) is 1. The molecule has 0 radical (unpaired) electrons. The molecule has 2 rings (SSSR count). The van der Waals surface area contributed by atoms with Gasteiger partial charge in [-0.2, -0.15) is 13.2 Å². The van der Waals surface area contributed by atoms with Crippen LogP contribution in [0.3, 0.4) is 0 Å². The van der Waals surface area contributed by atoms with Gasteiger partial charge >= 0.3 is 6.18 Å². The largest absolute Gasteiger partial charge is 0.416 e. The Kier molecular flexibility index (Phi) is 4.48. The van der Waals surface area contributed by atoms with Gasteiger partial charge in [-0.05, 0) is 23.3 Å². The summed E-state index contributed by atoms with van der Waals surface area (Å²) in [5.41, 5.74) is 0.560. The topological polar surface area (TPSA) is 20.2 Å². The van der Waals surface area contributed by atoms with Crippen molar-refractivity contribution in [1.82, 2.24) is 0 Å². The van der Waals surface area contributed by atoms with Gasteiger partial charge in [-0.3, -0.25) is 0 Å². The van der Waals surface area contributed by atoms with Gasteiger partial charge < -0.3 is 5.11 Å². The Hall–Kier alpha value is -2.07. The third-order valence-electron chi connectivity index (χ3n) is 3.36. The Labute approximate surface area is 121 Å². The van der Waals surface area contributed by atoms with Crippen LogP contribution in [-0.2, 0) is 6.18 Å². The van der Waals surface area contributed by atoms with Crippen LogP contribution in [0.5, 0.6) is 0 Å². The van der Waals surface area contributed by atoms with Gasteiger partial charge in [0.2, 0.25) is 0 Å². The third kappa shape index (κ3) is 3.52. The molecule has 0 aliphatic carbocycles. The van der Waals surface area contributed by atoms with Crippen molar-refractivity contribution in [1.29, 1.82) is 0 Å². The Morgan fingerprint density at radius 3 is 1.95 bits per heavy atom. The Morgan fingerprint density at radius 2 is 1.48 bits per heavy atom. The molecule has 1 nitrogen and oxygen atoms in total. The molecule has 0 saturated carbocycles. The summed E-state index contributed by atoms with van der Waals surface area (Å²) in [5.74, 6) is -0.372. The molecule has 0 bridgehead atoms. The van der Waals surface area contributed by atoms with Gasteiger partial charge in [0.25, 0.3) is 0 Å². The molecule has 0 spiro atoms. The van der Waals surface area contributed by atoms with E-state index in [1.807, 2.05) is 30.3 Å². The van der Waals surface area contributed by atoms with Crippen LogP contribution in [0.25, 0.3) is 0 Å².